The van der Waals surface area contributed by atoms with Gasteiger partial charge in [0.05, 0.1) is 0 Å². The Kier molecular flexibility index (Phi) is 10.7. The molecule has 0 spiro atoms. The standard InChI is InChI=1S/C24H34FN5.HI/c1-26-24(27-15-20-11-12-23(25)21(14-20)17-29(2)3)28-22-10-7-13-30(18-22)16-19-8-5-4-6-9-19;/h4-6,8-9,11-12,14,22H,7,10,13,15-18H2,1-3H3,(H2,26,27,28);1H. The first kappa shape index (κ1) is 25.5. The van der Waals surface area contributed by atoms with Crippen molar-refractivity contribution in [3.63, 3.8) is 0 Å². The summed E-state index contributed by atoms with van der Waals surface area (Å²) in [6.07, 6.45) is 2.31. The van der Waals surface area contributed by atoms with Crippen molar-refractivity contribution >= 4 is 29.9 Å². The van der Waals surface area contributed by atoms with E-state index in [1.54, 1.807) is 13.1 Å². The number of halogens is 2. The normalized spacial score (nSPS) is 17.3. The first-order valence-corrected chi connectivity index (χ1v) is 10.7. The average molecular weight is 539 g/mol. The highest BCUT2D eigenvalue weighted by Crippen LogP contribution is 2.14. The SMILES string of the molecule is CN=C(NCc1ccc(F)c(CN(C)C)c1)NC1CCCN(Cc2ccccc2)C1.I. The van der Waals surface area contributed by atoms with Gasteiger partial charge in [0.15, 0.2) is 5.96 Å². The van der Waals surface area contributed by atoms with Gasteiger partial charge in [-0.15, -0.1) is 24.0 Å². The highest BCUT2D eigenvalue weighted by molar-refractivity contribution is 14.0. The lowest BCUT2D eigenvalue weighted by Gasteiger charge is -2.34. The van der Waals surface area contributed by atoms with Gasteiger partial charge in [0.2, 0.25) is 0 Å². The van der Waals surface area contributed by atoms with Gasteiger partial charge in [0.25, 0.3) is 0 Å². The molecule has 0 amide bonds. The number of nitrogens with one attached hydrogen (secondary N) is 2. The summed E-state index contributed by atoms with van der Waals surface area (Å²) in [6, 6.07) is 16.3. The van der Waals surface area contributed by atoms with Gasteiger partial charge in [-0.05, 0) is 56.7 Å². The van der Waals surface area contributed by atoms with Crippen molar-refractivity contribution in [1.82, 2.24) is 20.4 Å². The molecule has 2 aromatic carbocycles. The van der Waals surface area contributed by atoms with Gasteiger partial charge >= 0.3 is 0 Å². The summed E-state index contributed by atoms with van der Waals surface area (Å²) in [6.45, 7) is 4.31. The van der Waals surface area contributed by atoms with Crippen molar-refractivity contribution in [1.29, 1.82) is 0 Å². The number of hydrogen-bond donors (Lipinski definition) is 2. The number of aliphatic imine (C=N–C) groups is 1. The maximum absolute atomic E-state index is 14.0. The van der Waals surface area contributed by atoms with E-state index in [2.05, 4.69) is 50.9 Å². The van der Waals surface area contributed by atoms with Gasteiger partial charge < -0.3 is 15.5 Å². The molecule has 0 radical (unpaired) electrons. The van der Waals surface area contributed by atoms with Gasteiger partial charge in [-0.25, -0.2) is 4.39 Å². The molecule has 1 atom stereocenters. The highest BCUT2D eigenvalue weighted by atomic mass is 127. The molecule has 2 N–H and O–H groups in total. The molecule has 170 valence electrons. The third kappa shape index (κ3) is 8.38. The zero-order valence-electron chi connectivity index (χ0n) is 18.8. The second-order valence-electron chi connectivity index (χ2n) is 8.29. The molecule has 0 bridgehead atoms. The zero-order valence-corrected chi connectivity index (χ0v) is 21.1. The second-order valence-corrected chi connectivity index (χ2v) is 8.29. The van der Waals surface area contributed by atoms with Crippen LogP contribution in [0.1, 0.15) is 29.5 Å². The molecule has 1 fully saturated rings. The summed E-state index contributed by atoms with van der Waals surface area (Å²) in [7, 11) is 5.69. The van der Waals surface area contributed by atoms with Crippen molar-refractivity contribution in [3.8, 4) is 0 Å². The molecule has 1 aliphatic rings. The van der Waals surface area contributed by atoms with Crippen molar-refractivity contribution in [2.45, 2.75) is 38.5 Å². The van der Waals surface area contributed by atoms with Crippen LogP contribution in [0, 0.1) is 5.82 Å². The van der Waals surface area contributed by atoms with E-state index in [1.807, 2.05) is 31.1 Å². The van der Waals surface area contributed by atoms with Crippen LogP contribution in [0.3, 0.4) is 0 Å². The van der Waals surface area contributed by atoms with E-state index in [4.69, 9.17) is 0 Å². The maximum Gasteiger partial charge on any atom is 0.191 e. The van der Waals surface area contributed by atoms with Crippen molar-refractivity contribution in [3.05, 3.63) is 71.0 Å². The minimum absolute atomic E-state index is 0. The lowest BCUT2D eigenvalue weighted by atomic mass is 10.0. The number of likely N-dealkylation sites (tertiary alicyclic amines) is 1. The highest BCUT2D eigenvalue weighted by Gasteiger charge is 2.20. The molecule has 0 saturated carbocycles. The zero-order chi connectivity index (χ0) is 21.3. The van der Waals surface area contributed by atoms with E-state index in [9.17, 15) is 4.39 Å². The number of hydrogen-bond acceptors (Lipinski definition) is 3. The number of nitrogens with zero attached hydrogens (tertiary/aromatic N) is 3. The predicted molar refractivity (Wildman–Crippen MR) is 137 cm³/mol. The molecule has 1 unspecified atom stereocenters. The van der Waals surface area contributed by atoms with Gasteiger partial charge in [-0.3, -0.25) is 9.89 Å². The minimum atomic E-state index is -0.157. The third-order valence-corrected chi connectivity index (χ3v) is 5.38. The van der Waals surface area contributed by atoms with Gasteiger partial charge in [0, 0.05) is 44.8 Å². The molecule has 31 heavy (non-hydrogen) atoms. The molecule has 7 heteroatoms. The van der Waals surface area contributed by atoms with E-state index in [0.29, 0.717) is 24.7 Å². The lowest BCUT2D eigenvalue weighted by Crippen LogP contribution is -2.50. The molecule has 0 aromatic heterocycles. The molecular formula is C24H35FIN5. The number of piperidine rings is 1. The second kappa shape index (κ2) is 13.0. The predicted octanol–water partition coefficient (Wildman–Crippen LogP) is 3.83. The fourth-order valence-corrected chi connectivity index (χ4v) is 3.93. The maximum atomic E-state index is 14.0. The lowest BCUT2D eigenvalue weighted by molar-refractivity contribution is 0.192. The summed E-state index contributed by atoms with van der Waals surface area (Å²) in [5.41, 5.74) is 3.11. The molecule has 1 aliphatic heterocycles. The molecule has 0 aliphatic carbocycles. The molecular weight excluding hydrogens is 504 g/mol. The summed E-state index contributed by atoms with van der Waals surface area (Å²) < 4.78 is 14.0. The van der Waals surface area contributed by atoms with Crippen LogP contribution < -0.4 is 10.6 Å². The monoisotopic (exact) mass is 539 g/mol. The summed E-state index contributed by atoms with van der Waals surface area (Å²) in [4.78, 5) is 8.86. The Balaban J connectivity index is 0.00000341. The average Bonchev–Trinajstić information content (AvgIpc) is 2.74. The smallest absolute Gasteiger partial charge is 0.191 e. The van der Waals surface area contributed by atoms with Crippen LogP contribution in [0.5, 0.6) is 0 Å². The Morgan fingerprint density at radius 3 is 2.65 bits per heavy atom. The van der Waals surface area contributed by atoms with Crippen LogP contribution in [0.25, 0.3) is 0 Å². The summed E-state index contributed by atoms with van der Waals surface area (Å²) in [5, 5.41) is 6.95. The molecule has 5 nitrogen and oxygen atoms in total. The van der Waals surface area contributed by atoms with Crippen molar-refractivity contribution in [2.24, 2.45) is 4.99 Å². The molecule has 1 saturated heterocycles. The van der Waals surface area contributed by atoms with Crippen LogP contribution in [-0.4, -0.2) is 56.0 Å². The Hall–Kier alpha value is -1.71. The molecule has 3 rings (SSSR count). The quantitative estimate of drug-likeness (QED) is 0.319. The Morgan fingerprint density at radius 1 is 1.16 bits per heavy atom. The fraction of sp³-hybridized carbons (Fsp3) is 0.458. The van der Waals surface area contributed by atoms with Gasteiger partial charge in [-0.2, -0.15) is 0 Å². The Morgan fingerprint density at radius 2 is 1.94 bits per heavy atom. The fourth-order valence-electron chi connectivity index (χ4n) is 3.93. The topological polar surface area (TPSA) is 42.9 Å². The van der Waals surface area contributed by atoms with E-state index in [-0.39, 0.29) is 29.8 Å². The van der Waals surface area contributed by atoms with E-state index in [1.165, 1.54) is 12.0 Å². The largest absolute Gasteiger partial charge is 0.352 e. The Labute approximate surface area is 203 Å². The van der Waals surface area contributed by atoms with Crippen LogP contribution in [0.15, 0.2) is 53.5 Å². The first-order valence-electron chi connectivity index (χ1n) is 10.7. The minimum Gasteiger partial charge on any atom is -0.352 e. The molecule has 2 aromatic rings. The molecule has 1 heterocycles. The summed E-state index contributed by atoms with van der Waals surface area (Å²) in [5.74, 6) is 0.635. The van der Waals surface area contributed by atoms with Crippen molar-refractivity contribution in [2.75, 3.05) is 34.2 Å². The van der Waals surface area contributed by atoms with Crippen LogP contribution in [0.2, 0.25) is 0 Å². The number of benzene rings is 2. The van der Waals surface area contributed by atoms with E-state index < -0.39 is 0 Å². The van der Waals surface area contributed by atoms with E-state index >= 15 is 0 Å². The first-order chi connectivity index (χ1) is 14.5. The van der Waals surface area contributed by atoms with Crippen LogP contribution >= 0.6 is 24.0 Å². The Bertz CT molecular complexity index is 828. The number of guanidine groups is 1. The summed E-state index contributed by atoms with van der Waals surface area (Å²) >= 11 is 0. The van der Waals surface area contributed by atoms with Crippen molar-refractivity contribution < 1.29 is 4.39 Å². The number of rotatable bonds is 7. The van der Waals surface area contributed by atoms with E-state index in [0.717, 1.165) is 37.6 Å². The van der Waals surface area contributed by atoms with Crippen LogP contribution in [0.4, 0.5) is 4.39 Å². The van der Waals surface area contributed by atoms with Gasteiger partial charge in [-0.1, -0.05) is 36.4 Å². The van der Waals surface area contributed by atoms with Crippen LogP contribution in [-0.2, 0) is 19.6 Å². The third-order valence-electron chi connectivity index (χ3n) is 5.38. The van der Waals surface area contributed by atoms with Gasteiger partial charge in [0.1, 0.15) is 5.82 Å².